The lowest BCUT2D eigenvalue weighted by Gasteiger charge is -2.14. The first-order valence-corrected chi connectivity index (χ1v) is 10.1. The van der Waals surface area contributed by atoms with Gasteiger partial charge in [0, 0.05) is 23.2 Å². The van der Waals surface area contributed by atoms with E-state index in [0.29, 0.717) is 46.0 Å². The lowest BCUT2D eigenvalue weighted by atomic mass is 10.1. The van der Waals surface area contributed by atoms with Crippen molar-refractivity contribution in [2.75, 3.05) is 20.8 Å². The molecule has 164 valence electrons. The van der Waals surface area contributed by atoms with E-state index in [9.17, 15) is 4.79 Å². The molecule has 0 saturated heterocycles. The second-order valence-electron chi connectivity index (χ2n) is 7.38. The van der Waals surface area contributed by atoms with Gasteiger partial charge in [0.25, 0.3) is 0 Å². The van der Waals surface area contributed by atoms with Gasteiger partial charge in [-0.05, 0) is 35.7 Å². The molecule has 0 amide bonds. The van der Waals surface area contributed by atoms with Gasteiger partial charge in [-0.3, -0.25) is 4.68 Å². The molecule has 1 N–H and O–H groups in total. The third kappa shape index (κ3) is 5.30. The van der Waals surface area contributed by atoms with Crippen LogP contribution < -0.4 is 14.2 Å². The average molecular weight is 445 g/mol. The van der Waals surface area contributed by atoms with Gasteiger partial charge in [0.1, 0.15) is 5.75 Å². The van der Waals surface area contributed by atoms with Crippen LogP contribution in [-0.4, -0.2) is 41.7 Å². The van der Waals surface area contributed by atoms with Gasteiger partial charge in [0.2, 0.25) is 0 Å². The molecule has 7 nitrogen and oxygen atoms in total. The van der Waals surface area contributed by atoms with Crippen LogP contribution in [0.15, 0.2) is 42.5 Å². The first-order chi connectivity index (χ1) is 14.8. The maximum atomic E-state index is 11.1. The maximum absolute atomic E-state index is 11.1. The molecule has 0 aliphatic rings. The summed E-state index contributed by atoms with van der Waals surface area (Å²) in [5, 5.41) is 14.5. The van der Waals surface area contributed by atoms with Gasteiger partial charge in [-0.1, -0.05) is 37.6 Å². The summed E-state index contributed by atoms with van der Waals surface area (Å²) in [5.74, 6) is 0.564. The first kappa shape index (κ1) is 22.5. The smallest absolute Gasteiger partial charge is 0.341 e. The number of nitrogens with zero attached hydrogens (tertiary/aromatic N) is 2. The van der Waals surface area contributed by atoms with Crippen molar-refractivity contribution in [3.63, 3.8) is 0 Å². The lowest BCUT2D eigenvalue weighted by molar-refractivity contribution is -0.139. The summed E-state index contributed by atoms with van der Waals surface area (Å²) in [6.07, 6.45) is 0. The van der Waals surface area contributed by atoms with Crippen LogP contribution in [0.4, 0.5) is 0 Å². The van der Waals surface area contributed by atoms with E-state index < -0.39 is 12.6 Å². The molecule has 0 aliphatic carbocycles. The number of carboxylic acid groups (broad SMARTS) is 1. The number of hydrogen-bond acceptors (Lipinski definition) is 5. The van der Waals surface area contributed by atoms with Gasteiger partial charge in [0.05, 0.1) is 25.6 Å². The molecule has 3 aromatic rings. The number of methoxy groups -OCH3 is 2. The largest absolute Gasteiger partial charge is 0.493 e. The summed E-state index contributed by atoms with van der Waals surface area (Å²) < 4.78 is 18.3. The Morgan fingerprint density at radius 1 is 1.06 bits per heavy atom. The van der Waals surface area contributed by atoms with Crippen LogP contribution >= 0.6 is 11.6 Å². The van der Waals surface area contributed by atoms with Crippen LogP contribution in [0.1, 0.15) is 13.8 Å². The fourth-order valence-electron chi connectivity index (χ4n) is 3.21. The van der Waals surface area contributed by atoms with Crippen LogP contribution in [0.5, 0.6) is 17.2 Å². The number of aliphatic carboxylic acids is 1. The summed E-state index contributed by atoms with van der Waals surface area (Å²) >= 11 is 6.05. The molecule has 0 saturated carbocycles. The Balaban J connectivity index is 2.16. The van der Waals surface area contributed by atoms with Crippen LogP contribution in [0, 0.1) is 5.92 Å². The van der Waals surface area contributed by atoms with E-state index in [1.807, 2.05) is 35.0 Å². The minimum absolute atomic E-state index is 0.344. The topological polar surface area (TPSA) is 82.8 Å². The first-order valence-electron chi connectivity index (χ1n) is 9.77. The van der Waals surface area contributed by atoms with Crippen LogP contribution in [-0.2, 0) is 11.3 Å². The van der Waals surface area contributed by atoms with Crippen molar-refractivity contribution >= 4 is 17.6 Å². The molecule has 0 radical (unpaired) electrons. The zero-order valence-electron chi connectivity index (χ0n) is 17.9. The van der Waals surface area contributed by atoms with Crippen molar-refractivity contribution in [3.05, 3.63) is 47.5 Å². The Morgan fingerprint density at radius 3 is 2.29 bits per heavy atom. The molecule has 31 heavy (non-hydrogen) atoms. The Labute approximate surface area is 186 Å². The van der Waals surface area contributed by atoms with E-state index >= 15 is 0 Å². The molecule has 0 fully saturated rings. The van der Waals surface area contributed by atoms with Gasteiger partial charge >= 0.3 is 5.97 Å². The Kier molecular flexibility index (Phi) is 7.07. The zero-order chi connectivity index (χ0) is 22.5. The molecular weight excluding hydrogens is 420 g/mol. The standard InChI is InChI=1S/C23H25ClN2O5/c1-14(2)12-26-19(15-5-7-16(24)8-6-15)10-18(25-26)17-9-21(29-3)22(30-4)11-20(17)31-13-23(27)28/h5-11,14H,12-13H2,1-4H3,(H,27,28). The quantitative estimate of drug-likeness (QED) is 0.499. The van der Waals surface area contributed by atoms with Crippen molar-refractivity contribution in [1.82, 2.24) is 9.78 Å². The van der Waals surface area contributed by atoms with Gasteiger partial charge in [-0.25, -0.2) is 4.79 Å². The number of carboxylic acids is 1. The van der Waals surface area contributed by atoms with Gasteiger partial charge in [-0.2, -0.15) is 5.10 Å². The van der Waals surface area contributed by atoms with Gasteiger partial charge < -0.3 is 19.3 Å². The molecular formula is C23H25ClN2O5. The summed E-state index contributed by atoms with van der Waals surface area (Å²) in [4.78, 5) is 11.1. The number of hydrogen-bond donors (Lipinski definition) is 1. The lowest BCUT2D eigenvalue weighted by Crippen LogP contribution is -2.10. The molecule has 0 atom stereocenters. The van der Waals surface area contributed by atoms with Crippen LogP contribution in [0.2, 0.25) is 5.02 Å². The van der Waals surface area contributed by atoms with E-state index in [4.69, 9.17) is 36.0 Å². The molecule has 0 unspecified atom stereocenters. The monoisotopic (exact) mass is 444 g/mol. The number of aromatic nitrogens is 2. The average Bonchev–Trinajstić information content (AvgIpc) is 3.14. The minimum atomic E-state index is -1.08. The fraction of sp³-hybridized carbons (Fsp3) is 0.304. The normalized spacial score (nSPS) is 10.9. The molecule has 1 aromatic heterocycles. The highest BCUT2D eigenvalue weighted by Crippen LogP contribution is 2.41. The summed E-state index contributed by atoms with van der Waals surface area (Å²) in [6.45, 7) is 4.45. The van der Waals surface area contributed by atoms with E-state index in [0.717, 1.165) is 11.3 Å². The van der Waals surface area contributed by atoms with Gasteiger partial charge in [0.15, 0.2) is 18.1 Å². The van der Waals surface area contributed by atoms with Crippen molar-refractivity contribution in [2.24, 2.45) is 5.92 Å². The third-order valence-corrected chi connectivity index (χ3v) is 4.82. The minimum Gasteiger partial charge on any atom is -0.493 e. The Morgan fingerprint density at radius 2 is 1.71 bits per heavy atom. The third-order valence-electron chi connectivity index (χ3n) is 4.57. The Bertz CT molecular complexity index is 1060. The predicted octanol–water partition coefficient (Wildman–Crippen LogP) is 5.01. The number of carbonyl (C=O) groups is 1. The predicted molar refractivity (Wildman–Crippen MR) is 119 cm³/mol. The second kappa shape index (κ2) is 9.75. The highest BCUT2D eigenvalue weighted by Gasteiger charge is 2.20. The molecule has 3 rings (SSSR count). The van der Waals surface area contributed by atoms with E-state index in [2.05, 4.69) is 13.8 Å². The highest BCUT2D eigenvalue weighted by molar-refractivity contribution is 6.30. The molecule has 1 heterocycles. The van der Waals surface area contributed by atoms with Crippen molar-refractivity contribution in [2.45, 2.75) is 20.4 Å². The van der Waals surface area contributed by atoms with Crippen molar-refractivity contribution in [3.8, 4) is 39.8 Å². The van der Waals surface area contributed by atoms with E-state index in [-0.39, 0.29) is 0 Å². The van der Waals surface area contributed by atoms with E-state index in [1.54, 1.807) is 12.1 Å². The summed E-state index contributed by atoms with van der Waals surface area (Å²) in [6, 6.07) is 12.8. The van der Waals surface area contributed by atoms with Crippen LogP contribution in [0.3, 0.4) is 0 Å². The van der Waals surface area contributed by atoms with Crippen molar-refractivity contribution < 1.29 is 24.1 Å². The highest BCUT2D eigenvalue weighted by atomic mass is 35.5. The molecule has 2 aromatic carbocycles. The zero-order valence-corrected chi connectivity index (χ0v) is 18.6. The summed E-state index contributed by atoms with van der Waals surface area (Å²) in [7, 11) is 3.05. The van der Waals surface area contributed by atoms with E-state index in [1.165, 1.54) is 14.2 Å². The number of rotatable bonds is 9. The summed E-state index contributed by atoms with van der Waals surface area (Å²) in [5.41, 5.74) is 3.13. The number of ether oxygens (including phenoxy) is 3. The maximum Gasteiger partial charge on any atom is 0.341 e. The SMILES string of the molecule is COc1cc(OCC(=O)O)c(-c2cc(-c3ccc(Cl)cc3)n(CC(C)C)n2)cc1OC. The fourth-order valence-corrected chi connectivity index (χ4v) is 3.33. The van der Waals surface area contributed by atoms with Crippen molar-refractivity contribution in [1.29, 1.82) is 0 Å². The number of benzene rings is 2. The molecule has 0 aliphatic heterocycles. The number of halogens is 1. The second-order valence-corrected chi connectivity index (χ2v) is 7.82. The Hall–Kier alpha value is -3.19. The molecule has 8 heteroatoms. The molecule has 0 spiro atoms. The van der Waals surface area contributed by atoms with Crippen LogP contribution in [0.25, 0.3) is 22.5 Å². The van der Waals surface area contributed by atoms with Gasteiger partial charge in [-0.15, -0.1) is 0 Å². The molecule has 0 bridgehead atoms.